The number of likely N-dealkylation sites (N-methyl/N-ethyl adjacent to an activating group) is 1. The van der Waals surface area contributed by atoms with Gasteiger partial charge in [-0.1, -0.05) is 6.92 Å². The molecule has 1 N–H and O–H groups in total. The van der Waals surface area contributed by atoms with Gasteiger partial charge in [0.1, 0.15) is 12.3 Å². The predicted octanol–water partition coefficient (Wildman–Crippen LogP) is -0.0328. The van der Waals surface area contributed by atoms with Gasteiger partial charge in [0.05, 0.1) is 6.61 Å². The number of nitrogens with one attached hydrogen (secondary N) is 1. The Hall–Kier alpha value is -0.120. The molecule has 0 bridgehead atoms. The number of rotatable bonds is 4. The van der Waals surface area contributed by atoms with Crippen molar-refractivity contribution in [2.24, 2.45) is 0 Å². The molecule has 0 aromatic rings. The topological polar surface area (TPSA) is 33.8 Å². The molecule has 0 radical (unpaired) electrons. The van der Waals surface area contributed by atoms with Crippen LogP contribution in [0.25, 0.3) is 0 Å². The van der Waals surface area contributed by atoms with Crippen molar-refractivity contribution in [3.8, 4) is 0 Å². The first-order valence-electron chi connectivity index (χ1n) is 3.26. The van der Waals surface area contributed by atoms with Crippen molar-refractivity contribution in [1.29, 1.82) is 0 Å². The van der Waals surface area contributed by atoms with Crippen molar-refractivity contribution < 1.29 is 9.47 Å². The third-order valence-corrected chi connectivity index (χ3v) is 1.32. The molecular weight excluding hydrogens is 118 g/mol. The summed E-state index contributed by atoms with van der Waals surface area (Å²) < 4.78 is 10.0. The Kier molecular flexibility index (Phi) is 2.45. The van der Waals surface area contributed by atoms with Crippen molar-refractivity contribution in [2.75, 3.05) is 20.3 Å². The molecule has 0 amide bonds. The van der Waals surface area contributed by atoms with Crippen molar-refractivity contribution in [3.63, 3.8) is 0 Å². The van der Waals surface area contributed by atoms with Crippen molar-refractivity contribution in [1.82, 2.24) is 5.32 Å². The lowest BCUT2D eigenvalue weighted by Gasteiger charge is -1.92. The van der Waals surface area contributed by atoms with Crippen LogP contribution in [0.15, 0.2) is 0 Å². The normalized spacial score (nSPS) is 32.7. The van der Waals surface area contributed by atoms with Gasteiger partial charge in [0.2, 0.25) is 0 Å². The molecule has 0 aliphatic carbocycles. The van der Waals surface area contributed by atoms with Gasteiger partial charge in [-0.05, 0) is 6.54 Å². The van der Waals surface area contributed by atoms with Gasteiger partial charge < -0.3 is 9.47 Å². The summed E-state index contributed by atoms with van der Waals surface area (Å²) in [6.45, 7) is 3.73. The van der Waals surface area contributed by atoms with E-state index in [1.807, 2.05) is 0 Å². The smallest absolute Gasteiger partial charge is 0.137 e. The van der Waals surface area contributed by atoms with Gasteiger partial charge in [0.15, 0.2) is 0 Å². The van der Waals surface area contributed by atoms with Crippen LogP contribution in [-0.2, 0) is 9.47 Å². The summed E-state index contributed by atoms with van der Waals surface area (Å²) in [5.74, 6) is 0. The maximum atomic E-state index is 5.16. The zero-order chi connectivity index (χ0) is 6.69. The Morgan fingerprint density at radius 1 is 1.67 bits per heavy atom. The van der Waals surface area contributed by atoms with E-state index in [0.717, 1.165) is 6.54 Å². The molecular formula is C6H13NO2. The molecule has 0 spiro atoms. The molecule has 9 heavy (non-hydrogen) atoms. The Morgan fingerprint density at radius 3 is 3.00 bits per heavy atom. The van der Waals surface area contributed by atoms with E-state index in [0.29, 0.717) is 12.7 Å². The summed E-state index contributed by atoms with van der Waals surface area (Å²) in [7, 11) is 1.69. The number of hydrogen-bond donors (Lipinski definition) is 1. The summed E-state index contributed by atoms with van der Waals surface area (Å²) >= 11 is 0. The van der Waals surface area contributed by atoms with E-state index in [2.05, 4.69) is 12.2 Å². The fourth-order valence-corrected chi connectivity index (χ4v) is 0.815. The van der Waals surface area contributed by atoms with Gasteiger partial charge in [-0.15, -0.1) is 0 Å². The number of ether oxygens (including phenoxy) is 2. The average Bonchev–Trinajstić information content (AvgIpc) is 2.50. The van der Waals surface area contributed by atoms with Crippen LogP contribution in [0.4, 0.5) is 0 Å². The van der Waals surface area contributed by atoms with E-state index in [1.54, 1.807) is 7.11 Å². The Labute approximate surface area is 55.3 Å². The average molecular weight is 131 g/mol. The lowest BCUT2D eigenvalue weighted by molar-refractivity contribution is 0.171. The van der Waals surface area contributed by atoms with E-state index in [9.17, 15) is 0 Å². The van der Waals surface area contributed by atoms with Crippen molar-refractivity contribution in [2.45, 2.75) is 19.3 Å². The summed E-state index contributed by atoms with van der Waals surface area (Å²) in [5, 5.41) is 3.15. The molecule has 0 aromatic carbocycles. The molecule has 1 saturated heterocycles. The maximum Gasteiger partial charge on any atom is 0.137 e. The van der Waals surface area contributed by atoms with Crippen LogP contribution in [0.2, 0.25) is 0 Å². The fourth-order valence-electron chi connectivity index (χ4n) is 0.815. The maximum absolute atomic E-state index is 5.16. The standard InChI is InChI=1S/C6H13NO2/c1-3-7-6-5(9-6)4-8-2/h5-7H,3-4H2,1-2H3. The molecule has 1 aliphatic heterocycles. The predicted molar refractivity (Wildman–Crippen MR) is 34.2 cm³/mol. The van der Waals surface area contributed by atoms with Crippen molar-refractivity contribution in [3.05, 3.63) is 0 Å². The van der Waals surface area contributed by atoms with Gasteiger partial charge in [-0.25, -0.2) is 0 Å². The fraction of sp³-hybridized carbons (Fsp3) is 1.00. The zero-order valence-electron chi connectivity index (χ0n) is 5.89. The van der Waals surface area contributed by atoms with E-state index in [4.69, 9.17) is 9.47 Å². The number of hydrogen-bond acceptors (Lipinski definition) is 3. The van der Waals surface area contributed by atoms with Gasteiger partial charge in [-0.3, -0.25) is 5.32 Å². The molecule has 1 aliphatic rings. The summed E-state index contributed by atoms with van der Waals surface area (Å²) in [5.41, 5.74) is 0. The summed E-state index contributed by atoms with van der Waals surface area (Å²) in [6.07, 6.45) is 0.560. The lowest BCUT2D eigenvalue weighted by atomic mass is 10.4. The Balaban J connectivity index is 1.96. The first-order chi connectivity index (χ1) is 4.38. The van der Waals surface area contributed by atoms with Crippen LogP contribution in [0.1, 0.15) is 6.92 Å². The monoisotopic (exact) mass is 131 g/mol. The Morgan fingerprint density at radius 2 is 2.44 bits per heavy atom. The first-order valence-corrected chi connectivity index (χ1v) is 3.26. The highest BCUT2D eigenvalue weighted by atomic mass is 16.6. The van der Waals surface area contributed by atoms with Crippen LogP contribution in [0.3, 0.4) is 0 Å². The summed E-state index contributed by atoms with van der Waals surface area (Å²) in [4.78, 5) is 0. The van der Waals surface area contributed by atoms with Gasteiger partial charge in [0.25, 0.3) is 0 Å². The van der Waals surface area contributed by atoms with Gasteiger partial charge >= 0.3 is 0 Å². The van der Waals surface area contributed by atoms with Gasteiger partial charge in [-0.2, -0.15) is 0 Å². The van der Waals surface area contributed by atoms with E-state index in [-0.39, 0.29) is 6.23 Å². The molecule has 1 heterocycles. The van der Waals surface area contributed by atoms with Crippen LogP contribution in [0, 0.1) is 0 Å². The zero-order valence-corrected chi connectivity index (χ0v) is 5.89. The third-order valence-electron chi connectivity index (χ3n) is 1.32. The molecule has 1 rings (SSSR count). The molecule has 2 atom stereocenters. The van der Waals surface area contributed by atoms with E-state index in [1.165, 1.54) is 0 Å². The molecule has 1 fully saturated rings. The second kappa shape index (κ2) is 3.15. The molecule has 3 heteroatoms. The SMILES string of the molecule is CCNC1OC1COC. The van der Waals surface area contributed by atoms with Crippen LogP contribution in [-0.4, -0.2) is 32.6 Å². The molecule has 54 valence electrons. The van der Waals surface area contributed by atoms with Crippen molar-refractivity contribution >= 4 is 0 Å². The quantitative estimate of drug-likeness (QED) is 0.544. The second-order valence-electron chi connectivity index (χ2n) is 2.11. The highest BCUT2D eigenvalue weighted by molar-refractivity contribution is 4.81. The highest BCUT2D eigenvalue weighted by Crippen LogP contribution is 2.18. The molecule has 0 aromatic heterocycles. The first kappa shape index (κ1) is 6.99. The van der Waals surface area contributed by atoms with E-state index >= 15 is 0 Å². The second-order valence-corrected chi connectivity index (χ2v) is 2.11. The number of methoxy groups -OCH3 is 1. The molecule has 3 nitrogen and oxygen atoms in total. The third kappa shape index (κ3) is 1.93. The van der Waals surface area contributed by atoms with Crippen LogP contribution in [0.5, 0.6) is 0 Å². The number of epoxide rings is 1. The minimum absolute atomic E-state index is 0.259. The van der Waals surface area contributed by atoms with Gasteiger partial charge in [0, 0.05) is 7.11 Å². The Bertz CT molecular complexity index is 77.1. The minimum Gasteiger partial charge on any atom is -0.382 e. The summed E-state index contributed by atoms with van der Waals surface area (Å²) in [6, 6.07) is 0. The molecule has 0 saturated carbocycles. The van der Waals surface area contributed by atoms with Crippen LogP contribution >= 0.6 is 0 Å². The van der Waals surface area contributed by atoms with E-state index < -0.39 is 0 Å². The minimum atomic E-state index is 0.259. The lowest BCUT2D eigenvalue weighted by Crippen LogP contribution is -2.20. The molecule has 2 unspecified atom stereocenters. The van der Waals surface area contributed by atoms with Crippen LogP contribution < -0.4 is 5.32 Å². The highest BCUT2D eigenvalue weighted by Gasteiger charge is 2.37. The largest absolute Gasteiger partial charge is 0.382 e.